The lowest BCUT2D eigenvalue weighted by Gasteiger charge is -2.30. The molecule has 2 saturated heterocycles. The number of ether oxygens (including phenoxy) is 1. The largest absolute Gasteiger partial charge is 0.481 e. The van der Waals surface area contributed by atoms with Crippen LogP contribution in [0.3, 0.4) is 0 Å². The molecule has 0 aromatic rings. The number of rotatable bonds is 14. The lowest BCUT2D eigenvalue weighted by Crippen LogP contribution is -2.49. The molecule has 0 aromatic carbocycles. The van der Waals surface area contributed by atoms with E-state index in [0.717, 1.165) is 51.5 Å². The van der Waals surface area contributed by atoms with Crippen molar-refractivity contribution in [1.29, 1.82) is 0 Å². The summed E-state index contributed by atoms with van der Waals surface area (Å²) in [6.45, 7) is 7.35. The zero-order valence-electron chi connectivity index (χ0n) is 19.3. The molecule has 6 nitrogen and oxygen atoms in total. The first-order valence-corrected chi connectivity index (χ1v) is 12.3. The number of unbranched alkanes of at least 4 members (excludes halogenated alkanes) is 3. The Hall–Kier alpha value is -1.47. The van der Waals surface area contributed by atoms with E-state index in [4.69, 9.17) is 22.1 Å². The van der Waals surface area contributed by atoms with Crippen molar-refractivity contribution in [2.45, 2.75) is 90.8 Å². The first-order valence-electron chi connectivity index (χ1n) is 11.9. The highest BCUT2D eigenvalue weighted by molar-refractivity contribution is 7.80. The molecule has 0 radical (unpaired) electrons. The Kier molecular flexibility index (Phi) is 10.4. The van der Waals surface area contributed by atoms with E-state index in [1.54, 1.807) is 0 Å². The van der Waals surface area contributed by atoms with Crippen LogP contribution in [-0.4, -0.2) is 47.3 Å². The van der Waals surface area contributed by atoms with Crippen LogP contribution in [0.1, 0.15) is 78.6 Å². The molecular formula is C24H40N2O4S. The fourth-order valence-corrected chi connectivity index (χ4v) is 4.75. The number of carbonyl (C=O) groups excluding carboxylic acids is 1. The molecule has 0 saturated carbocycles. The molecule has 2 heterocycles. The Bertz CT molecular complexity index is 649. The van der Waals surface area contributed by atoms with Crippen molar-refractivity contribution >= 4 is 29.1 Å². The van der Waals surface area contributed by atoms with Gasteiger partial charge in [-0.2, -0.15) is 0 Å². The predicted molar refractivity (Wildman–Crippen MR) is 127 cm³/mol. The molecule has 0 aliphatic carbocycles. The third-order valence-electron chi connectivity index (χ3n) is 6.63. The Morgan fingerprint density at radius 2 is 1.81 bits per heavy atom. The zero-order chi connectivity index (χ0) is 22.9. The predicted octanol–water partition coefficient (Wildman–Crippen LogP) is 4.23. The van der Waals surface area contributed by atoms with Gasteiger partial charge in [0.1, 0.15) is 0 Å². The number of carbonyl (C=O) groups is 2. The number of hydrogen-bond donors (Lipinski definition) is 3. The van der Waals surface area contributed by atoms with Gasteiger partial charge in [-0.15, -0.1) is 0 Å². The lowest BCUT2D eigenvalue weighted by molar-refractivity contribution is -0.137. The average molecular weight is 453 g/mol. The third-order valence-corrected chi connectivity index (χ3v) is 7.28. The van der Waals surface area contributed by atoms with E-state index in [1.165, 1.54) is 0 Å². The van der Waals surface area contributed by atoms with Crippen LogP contribution >= 0.6 is 12.2 Å². The van der Waals surface area contributed by atoms with Crippen LogP contribution < -0.4 is 10.6 Å². The van der Waals surface area contributed by atoms with Gasteiger partial charge in [0, 0.05) is 25.4 Å². The maximum atomic E-state index is 12.9. The minimum absolute atomic E-state index is 0.0359. The SMILES string of the molecule is CCCCCNC(=S)C(C)(C)C(=O)NC[C@H]1[C@@H](C/C=C\CCCC(=O)O)[C@H]2CC[C@@H]1O2. The van der Waals surface area contributed by atoms with Gasteiger partial charge < -0.3 is 20.5 Å². The van der Waals surface area contributed by atoms with Crippen LogP contribution in [-0.2, 0) is 14.3 Å². The number of carboxylic acids is 1. The molecule has 2 bridgehead atoms. The summed E-state index contributed by atoms with van der Waals surface area (Å²) >= 11 is 5.51. The molecule has 7 heteroatoms. The average Bonchev–Trinajstić information content (AvgIpc) is 3.33. The van der Waals surface area contributed by atoms with Gasteiger partial charge >= 0.3 is 5.97 Å². The molecule has 2 fully saturated rings. The summed E-state index contributed by atoms with van der Waals surface area (Å²) in [6, 6.07) is 0. The first kappa shape index (κ1) is 25.8. The maximum Gasteiger partial charge on any atom is 0.303 e. The van der Waals surface area contributed by atoms with Crippen molar-refractivity contribution in [1.82, 2.24) is 10.6 Å². The van der Waals surface area contributed by atoms with Gasteiger partial charge in [-0.3, -0.25) is 9.59 Å². The fourth-order valence-electron chi connectivity index (χ4n) is 4.55. The van der Waals surface area contributed by atoms with Crippen LogP contribution in [0.25, 0.3) is 0 Å². The van der Waals surface area contributed by atoms with E-state index in [1.807, 2.05) is 13.8 Å². The number of nitrogens with one attached hydrogen (secondary N) is 2. The Balaban J connectivity index is 1.81. The Morgan fingerprint density at radius 1 is 1.10 bits per heavy atom. The summed E-state index contributed by atoms with van der Waals surface area (Å²) in [5, 5.41) is 15.1. The smallest absolute Gasteiger partial charge is 0.303 e. The molecular weight excluding hydrogens is 412 g/mol. The van der Waals surface area contributed by atoms with Gasteiger partial charge in [-0.1, -0.05) is 44.1 Å². The second kappa shape index (κ2) is 12.5. The maximum absolute atomic E-state index is 12.9. The van der Waals surface area contributed by atoms with Crippen molar-refractivity contribution in [3.63, 3.8) is 0 Å². The first-order chi connectivity index (χ1) is 14.8. The molecule has 2 aliphatic rings. The summed E-state index contributed by atoms with van der Waals surface area (Å²) in [5.74, 6) is -0.0687. The fraction of sp³-hybridized carbons (Fsp3) is 0.792. The highest BCUT2D eigenvalue weighted by atomic mass is 32.1. The third kappa shape index (κ3) is 7.56. The van der Waals surface area contributed by atoms with Crippen molar-refractivity contribution in [3.05, 3.63) is 12.2 Å². The number of allylic oxidation sites excluding steroid dienone is 2. The number of hydrogen-bond acceptors (Lipinski definition) is 4. The zero-order valence-corrected chi connectivity index (χ0v) is 20.1. The van der Waals surface area contributed by atoms with Gasteiger partial charge in [-0.25, -0.2) is 0 Å². The van der Waals surface area contributed by atoms with Gasteiger partial charge in [0.2, 0.25) is 5.91 Å². The van der Waals surface area contributed by atoms with Gasteiger partial charge in [0.05, 0.1) is 22.6 Å². The number of aliphatic carboxylic acids is 1. The summed E-state index contributed by atoms with van der Waals surface area (Å²) in [5.41, 5.74) is -0.737. The normalized spacial score (nSPS) is 25.1. The van der Waals surface area contributed by atoms with E-state index in [2.05, 4.69) is 29.7 Å². The minimum Gasteiger partial charge on any atom is -0.481 e. The Labute approximate surface area is 192 Å². The second-order valence-corrected chi connectivity index (χ2v) is 9.82. The van der Waals surface area contributed by atoms with Gasteiger partial charge in [0.25, 0.3) is 0 Å². The van der Waals surface area contributed by atoms with E-state index >= 15 is 0 Å². The van der Waals surface area contributed by atoms with E-state index in [0.29, 0.717) is 29.8 Å². The molecule has 176 valence electrons. The number of carboxylic acid groups (broad SMARTS) is 1. The summed E-state index contributed by atoms with van der Waals surface area (Å²) in [7, 11) is 0. The van der Waals surface area contributed by atoms with E-state index in [9.17, 15) is 9.59 Å². The molecule has 4 atom stereocenters. The molecule has 0 unspecified atom stereocenters. The molecule has 2 rings (SSSR count). The molecule has 0 spiro atoms. The number of amides is 1. The summed E-state index contributed by atoms with van der Waals surface area (Å²) in [4.78, 5) is 24.1. The highest BCUT2D eigenvalue weighted by Crippen LogP contribution is 2.45. The quantitative estimate of drug-likeness (QED) is 0.208. The van der Waals surface area contributed by atoms with E-state index < -0.39 is 11.4 Å². The second-order valence-electron chi connectivity index (χ2n) is 9.41. The van der Waals surface area contributed by atoms with Gasteiger partial charge in [0.15, 0.2) is 0 Å². The standard InChI is InChI=1S/C24H40N2O4S/c1-4-5-10-15-25-23(31)24(2,3)22(29)26-16-18-17(19-13-14-20(18)30-19)11-8-6-7-9-12-21(27)28/h6,8,17-20H,4-5,7,9-16H2,1-3H3,(H,25,31)(H,26,29)(H,27,28)/b8-6-/t17-,18+,19-,20+/m1/s1. The summed E-state index contributed by atoms with van der Waals surface area (Å²) < 4.78 is 6.15. The van der Waals surface area contributed by atoms with Crippen molar-refractivity contribution in [2.24, 2.45) is 17.3 Å². The molecule has 0 aromatic heterocycles. The molecule has 1 amide bonds. The number of fused-ring (bicyclic) bond motifs is 2. The highest BCUT2D eigenvalue weighted by Gasteiger charge is 2.48. The lowest BCUT2D eigenvalue weighted by atomic mass is 9.77. The Morgan fingerprint density at radius 3 is 2.48 bits per heavy atom. The van der Waals surface area contributed by atoms with Gasteiger partial charge in [-0.05, 0) is 58.3 Å². The molecule has 2 aliphatic heterocycles. The summed E-state index contributed by atoms with van der Waals surface area (Å²) in [6.07, 6.45) is 12.8. The van der Waals surface area contributed by atoms with E-state index in [-0.39, 0.29) is 24.5 Å². The van der Waals surface area contributed by atoms with Crippen molar-refractivity contribution < 1.29 is 19.4 Å². The van der Waals surface area contributed by atoms with Crippen LogP contribution in [0.2, 0.25) is 0 Å². The van der Waals surface area contributed by atoms with Crippen LogP contribution in [0.15, 0.2) is 12.2 Å². The van der Waals surface area contributed by atoms with Crippen molar-refractivity contribution in [2.75, 3.05) is 13.1 Å². The van der Waals surface area contributed by atoms with Crippen LogP contribution in [0.5, 0.6) is 0 Å². The monoisotopic (exact) mass is 452 g/mol. The van der Waals surface area contributed by atoms with Crippen LogP contribution in [0.4, 0.5) is 0 Å². The molecule has 3 N–H and O–H groups in total. The number of thiocarbonyl (C=S) groups is 1. The van der Waals surface area contributed by atoms with Crippen LogP contribution in [0, 0.1) is 17.3 Å². The topological polar surface area (TPSA) is 87.7 Å². The molecule has 31 heavy (non-hydrogen) atoms. The van der Waals surface area contributed by atoms with Crippen molar-refractivity contribution in [3.8, 4) is 0 Å². The minimum atomic E-state index is -0.746.